The molecule has 0 spiro atoms. The van der Waals surface area contributed by atoms with Crippen LogP contribution in [0.5, 0.6) is 0 Å². The van der Waals surface area contributed by atoms with Gasteiger partial charge in [0, 0.05) is 37.1 Å². The minimum Gasteiger partial charge on any atom is -0.336 e. The van der Waals surface area contributed by atoms with Crippen LogP contribution in [0.15, 0.2) is 43.0 Å². The van der Waals surface area contributed by atoms with Gasteiger partial charge in [-0.2, -0.15) is 0 Å². The van der Waals surface area contributed by atoms with Crippen LogP contribution >= 0.6 is 11.6 Å². The lowest BCUT2D eigenvalue weighted by molar-refractivity contribution is 0.597. The number of benzene rings is 1. The van der Waals surface area contributed by atoms with E-state index in [1.54, 1.807) is 6.20 Å². The molecular weight excluding hydrogens is 222 g/mol. The lowest BCUT2D eigenvalue weighted by atomic mass is 10.2. The lowest BCUT2D eigenvalue weighted by Crippen LogP contribution is -2.19. The Morgan fingerprint density at radius 2 is 2.19 bits per heavy atom. The van der Waals surface area contributed by atoms with E-state index in [1.807, 2.05) is 41.4 Å². The van der Waals surface area contributed by atoms with Crippen molar-refractivity contribution in [1.82, 2.24) is 14.9 Å². The largest absolute Gasteiger partial charge is 0.336 e. The van der Waals surface area contributed by atoms with E-state index in [9.17, 15) is 0 Å². The summed E-state index contributed by atoms with van der Waals surface area (Å²) in [4.78, 5) is 3.99. The van der Waals surface area contributed by atoms with Gasteiger partial charge < -0.3 is 9.88 Å². The molecule has 0 fully saturated rings. The molecule has 1 aromatic heterocycles. The second kappa shape index (κ2) is 5.68. The van der Waals surface area contributed by atoms with Gasteiger partial charge in [0.05, 0.1) is 6.33 Å². The van der Waals surface area contributed by atoms with Gasteiger partial charge in [-0.3, -0.25) is 0 Å². The summed E-state index contributed by atoms with van der Waals surface area (Å²) in [5, 5.41) is 4.16. The van der Waals surface area contributed by atoms with Gasteiger partial charge in [-0.1, -0.05) is 29.8 Å². The van der Waals surface area contributed by atoms with Crippen LogP contribution in [0.3, 0.4) is 0 Å². The van der Waals surface area contributed by atoms with Gasteiger partial charge >= 0.3 is 0 Å². The smallest absolute Gasteiger partial charge is 0.0946 e. The molecule has 0 saturated carbocycles. The lowest BCUT2D eigenvalue weighted by Gasteiger charge is -2.06. The Kier molecular flexibility index (Phi) is 3.97. The Labute approximate surface area is 100 Å². The Morgan fingerprint density at radius 1 is 1.31 bits per heavy atom. The molecule has 1 N–H and O–H groups in total. The topological polar surface area (TPSA) is 29.9 Å². The number of imidazole rings is 1. The normalized spacial score (nSPS) is 10.6. The molecule has 0 bridgehead atoms. The van der Waals surface area contributed by atoms with Crippen LogP contribution in [0.2, 0.25) is 5.02 Å². The van der Waals surface area contributed by atoms with Crippen LogP contribution in [-0.4, -0.2) is 16.1 Å². The van der Waals surface area contributed by atoms with Crippen molar-refractivity contribution < 1.29 is 0 Å². The average Bonchev–Trinajstić information content (AvgIpc) is 2.79. The summed E-state index contributed by atoms with van der Waals surface area (Å²) in [6, 6.07) is 7.89. The van der Waals surface area contributed by atoms with Crippen LogP contribution in [0.4, 0.5) is 0 Å². The van der Waals surface area contributed by atoms with Gasteiger partial charge in [-0.15, -0.1) is 0 Å². The Balaban J connectivity index is 1.74. The maximum atomic E-state index is 6.05. The number of halogens is 1. The first-order valence-electron chi connectivity index (χ1n) is 5.26. The number of aromatic nitrogens is 2. The summed E-state index contributed by atoms with van der Waals surface area (Å²) in [5.41, 5.74) is 1.13. The summed E-state index contributed by atoms with van der Waals surface area (Å²) in [6.07, 6.45) is 5.56. The molecule has 0 aliphatic carbocycles. The van der Waals surface area contributed by atoms with Crippen molar-refractivity contribution in [3.8, 4) is 0 Å². The monoisotopic (exact) mass is 235 g/mol. The maximum absolute atomic E-state index is 6.05. The van der Waals surface area contributed by atoms with Crippen LogP contribution < -0.4 is 5.32 Å². The van der Waals surface area contributed by atoms with Crippen molar-refractivity contribution in [1.29, 1.82) is 0 Å². The first kappa shape index (κ1) is 11.2. The molecule has 2 rings (SSSR count). The summed E-state index contributed by atoms with van der Waals surface area (Å²) in [7, 11) is 0. The summed E-state index contributed by atoms with van der Waals surface area (Å²) >= 11 is 6.05. The Morgan fingerprint density at radius 3 is 2.94 bits per heavy atom. The van der Waals surface area contributed by atoms with Crippen LogP contribution in [0.25, 0.3) is 0 Å². The fraction of sp³-hybridized carbons (Fsp3) is 0.250. The molecule has 84 valence electrons. The van der Waals surface area contributed by atoms with Crippen molar-refractivity contribution in [2.24, 2.45) is 0 Å². The zero-order valence-electron chi connectivity index (χ0n) is 8.94. The molecule has 0 amide bonds. The highest BCUT2D eigenvalue weighted by Gasteiger charge is 1.97. The quantitative estimate of drug-likeness (QED) is 0.807. The Bertz CT molecular complexity index is 426. The first-order chi connectivity index (χ1) is 7.86. The molecule has 0 aliphatic rings. The third kappa shape index (κ3) is 3.08. The predicted octanol–water partition coefficient (Wildman–Crippen LogP) is 2.33. The van der Waals surface area contributed by atoms with Gasteiger partial charge in [-0.25, -0.2) is 4.98 Å². The fourth-order valence-electron chi connectivity index (χ4n) is 1.49. The molecule has 1 heterocycles. The van der Waals surface area contributed by atoms with Gasteiger partial charge in [0.15, 0.2) is 0 Å². The van der Waals surface area contributed by atoms with Crippen molar-refractivity contribution in [3.63, 3.8) is 0 Å². The molecule has 16 heavy (non-hydrogen) atoms. The number of rotatable bonds is 5. The summed E-state index contributed by atoms with van der Waals surface area (Å²) < 4.78 is 2.04. The minimum atomic E-state index is 0.800. The van der Waals surface area contributed by atoms with E-state index < -0.39 is 0 Å². The number of nitrogens with one attached hydrogen (secondary N) is 1. The standard InChI is InChI=1S/C12H14ClN3/c13-12-4-2-1-3-11(12)9-14-5-7-16-8-6-15-10-16/h1-4,6,8,10,14H,5,7,9H2. The van der Waals surface area contributed by atoms with Crippen LogP contribution in [0.1, 0.15) is 5.56 Å². The molecule has 4 heteroatoms. The Hall–Kier alpha value is -1.32. The molecule has 2 aromatic rings. The summed E-state index contributed by atoms with van der Waals surface area (Å²) in [6.45, 7) is 2.63. The molecule has 0 radical (unpaired) electrons. The van der Waals surface area contributed by atoms with E-state index in [1.165, 1.54) is 0 Å². The first-order valence-corrected chi connectivity index (χ1v) is 5.64. The fourth-order valence-corrected chi connectivity index (χ4v) is 1.69. The molecule has 0 unspecified atom stereocenters. The van der Waals surface area contributed by atoms with E-state index in [4.69, 9.17) is 11.6 Å². The second-order valence-corrected chi connectivity index (χ2v) is 3.98. The molecule has 0 saturated heterocycles. The van der Waals surface area contributed by atoms with Crippen molar-refractivity contribution in [3.05, 3.63) is 53.6 Å². The summed E-state index contributed by atoms with van der Waals surface area (Å²) in [5.74, 6) is 0. The predicted molar refractivity (Wildman–Crippen MR) is 65.4 cm³/mol. The molecule has 0 atom stereocenters. The minimum absolute atomic E-state index is 0.800. The SMILES string of the molecule is Clc1ccccc1CNCCn1ccnc1. The highest BCUT2D eigenvalue weighted by atomic mass is 35.5. The van der Waals surface area contributed by atoms with E-state index >= 15 is 0 Å². The molecule has 0 aliphatic heterocycles. The number of hydrogen-bond donors (Lipinski definition) is 1. The maximum Gasteiger partial charge on any atom is 0.0946 e. The second-order valence-electron chi connectivity index (χ2n) is 3.57. The third-order valence-electron chi connectivity index (χ3n) is 2.38. The molecule has 3 nitrogen and oxygen atoms in total. The van der Waals surface area contributed by atoms with Crippen LogP contribution in [-0.2, 0) is 13.1 Å². The third-order valence-corrected chi connectivity index (χ3v) is 2.75. The van der Waals surface area contributed by atoms with E-state index in [0.29, 0.717) is 0 Å². The van der Waals surface area contributed by atoms with E-state index in [-0.39, 0.29) is 0 Å². The zero-order chi connectivity index (χ0) is 11.2. The van der Waals surface area contributed by atoms with Gasteiger partial charge in [-0.05, 0) is 11.6 Å². The zero-order valence-corrected chi connectivity index (χ0v) is 9.69. The number of nitrogens with zero attached hydrogens (tertiary/aromatic N) is 2. The molecule has 1 aromatic carbocycles. The van der Waals surface area contributed by atoms with Crippen molar-refractivity contribution >= 4 is 11.6 Å². The van der Waals surface area contributed by atoms with Crippen LogP contribution in [0, 0.1) is 0 Å². The average molecular weight is 236 g/mol. The van der Waals surface area contributed by atoms with E-state index in [2.05, 4.69) is 10.3 Å². The van der Waals surface area contributed by atoms with Gasteiger partial charge in [0.1, 0.15) is 0 Å². The number of hydrogen-bond acceptors (Lipinski definition) is 2. The van der Waals surface area contributed by atoms with E-state index in [0.717, 1.165) is 30.2 Å². The van der Waals surface area contributed by atoms with Crippen molar-refractivity contribution in [2.75, 3.05) is 6.54 Å². The van der Waals surface area contributed by atoms with Gasteiger partial charge in [0.25, 0.3) is 0 Å². The highest BCUT2D eigenvalue weighted by Crippen LogP contribution is 2.13. The molecular formula is C12H14ClN3. The van der Waals surface area contributed by atoms with Crippen molar-refractivity contribution in [2.45, 2.75) is 13.1 Å². The van der Waals surface area contributed by atoms with Gasteiger partial charge in [0.2, 0.25) is 0 Å². The highest BCUT2D eigenvalue weighted by molar-refractivity contribution is 6.31.